The maximum absolute atomic E-state index is 5.99. The molecule has 24 heavy (non-hydrogen) atoms. The Balaban J connectivity index is 1.82. The van der Waals surface area contributed by atoms with E-state index in [9.17, 15) is 0 Å². The SMILES string of the molecule is Cc1cc(Cl)ccc1Oc1cc2nnnn2c(-c2ccccc2)n1. The fraction of sp³-hybridized carbons (Fsp3) is 0.0588. The molecule has 2 aromatic heterocycles. The van der Waals surface area contributed by atoms with Gasteiger partial charge in [-0.3, -0.25) is 0 Å². The number of benzene rings is 2. The van der Waals surface area contributed by atoms with Crippen molar-refractivity contribution in [1.29, 1.82) is 0 Å². The summed E-state index contributed by atoms with van der Waals surface area (Å²) in [6, 6.07) is 16.8. The minimum absolute atomic E-state index is 0.418. The van der Waals surface area contributed by atoms with Crippen LogP contribution in [0.4, 0.5) is 0 Å². The van der Waals surface area contributed by atoms with Crippen molar-refractivity contribution < 1.29 is 4.74 Å². The van der Waals surface area contributed by atoms with E-state index in [0.717, 1.165) is 11.1 Å². The van der Waals surface area contributed by atoms with E-state index in [-0.39, 0.29) is 0 Å². The molecular formula is C17H12ClN5O. The minimum Gasteiger partial charge on any atom is -0.439 e. The molecule has 0 spiro atoms. The summed E-state index contributed by atoms with van der Waals surface area (Å²) in [6.45, 7) is 1.93. The molecular weight excluding hydrogens is 326 g/mol. The fourth-order valence-corrected chi connectivity index (χ4v) is 2.62. The highest BCUT2D eigenvalue weighted by Crippen LogP contribution is 2.28. The Morgan fingerprint density at radius 1 is 1.04 bits per heavy atom. The normalized spacial score (nSPS) is 10.9. The van der Waals surface area contributed by atoms with Crippen molar-refractivity contribution in [2.75, 3.05) is 0 Å². The Labute approximate surface area is 142 Å². The number of fused-ring (bicyclic) bond motifs is 1. The Morgan fingerprint density at radius 3 is 2.67 bits per heavy atom. The van der Waals surface area contributed by atoms with Crippen LogP contribution in [0, 0.1) is 6.92 Å². The lowest BCUT2D eigenvalue weighted by molar-refractivity contribution is 0.458. The molecule has 0 amide bonds. The molecule has 0 saturated carbocycles. The second-order valence-corrected chi connectivity index (χ2v) is 5.68. The second-order valence-electron chi connectivity index (χ2n) is 5.24. The summed E-state index contributed by atoms with van der Waals surface area (Å²) < 4.78 is 7.51. The number of hydrogen-bond donors (Lipinski definition) is 0. The Morgan fingerprint density at radius 2 is 1.88 bits per heavy atom. The molecule has 0 unspecified atom stereocenters. The third kappa shape index (κ3) is 2.68. The number of halogens is 1. The number of nitrogens with zero attached hydrogens (tertiary/aromatic N) is 5. The van der Waals surface area contributed by atoms with Crippen molar-refractivity contribution in [3.63, 3.8) is 0 Å². The molecule has 0 aliphatic carbocycles. The van der Waals surface area contributed by atoms with Gasteiger partial charge in [-0.15, -0.1) is 5.10 Å². The van der Waals surface area contributed by atoms with Gasteiger partial charge in [0.15, 0.2) is 11.5 Å². The largest absolute Gasteiger partial charge is 0.439 e. The zero-order valence-electron chi connectivity index (χ0n) is 12.7. The van der Waals surface area contributed by atoms with Crippen LogP contribution in [0.2, 0.25) is 5.02 Å². The van der Waals surface area contributed by atoms with E-state index in [2.05, 4.69) is 20.5 Å². The third-order valence-electron chi connectivity index (χ3n) is 3.55. The standard InChI is InChI=1S/C17H12ClN5O/c1-11-9-13(18)7-8-14(11)24-16-10-15-20-21-22-23(15)17(19-16)12-5-3-2-4-6-12/h2-10H,1H3. The van der Waals surface area contributed by atoms with Crippen LogP contribution in [0.15, 0.2) is 54.6 Å². The predicted octanol–water partition coefficient (Wildman–Crippen LogP) is 3.94. The molecule has 118 valence electrons. The summed E-state index contributed by atoms with van der Waals surface area (Å²) in [5.41, 5.74) is 2.38. The monoisotopic (exact) mass is 337 g/mol. The molecule has 0 aliphatic rings. The lowest BCUT2D eigenvalue weighted by Gasteiger charge is -2.10. The highest BCUT2D eigenvalue weighted by molar-refractivity contribution is 6.30. The van der Waals surface area contributed by atoms with Crippen molar-refractivity contribution in [2.24, 2.45) is 0 Å². The van der Waals surface area contributed by atoms with Gasteiger partial charge in [-0.25, -0.2) is 0 Å². The third-order valence-corrected chi connectivity index (χ3v) is 3.78. The van der Waals surface area contributed by atoms with E-state index < -0.39 is 0 Å². The number of aryl methyl sites for hydroxylation is 1. The van der Waals surface area contributed by atoms with Crippen molar-refractivity contribution in [3.8, 4) is 23.0 Å². The van der Waals surface area contributed by atoms with Gasteiger partial charge in [-0.05, 0) is 41.1 Å². The number of rotatable bonds is 3. The van der Waals surface area contributed by atoms with Gasteiger partial charge in [-0.2, -0.15) is 9.50 Å². The second kappa shape index (κ2) is 5.90. The summed E-state index contributed by atoms with van der Waals surface area (Å²) >= 11 is 5.99. The first-order valence-electron chi connectivity index (χ1n) is 7.29. The Bertz CT molecular complexity index is 1020. The lowest BCUT2D eigenvalue weighted by Crippen LogP contribution is -2.00. The fourth-order valence-electron chi connectivity index (χ4n) is 2.40. The summed E-state index contributed by atoms with van der Waals surface area (Å²) in [5.74, 6) is 1.71. The number of ether oxygens (including phenoxy) is 1. The molecule has 2 aromatic carbocycles. The van der Waals surface area contributed by atoms with Crippen LogP contribution in [-0.2, 0) is 0 Å². The number of hydrogen-bond acceptors (Lipinski definition) is 5. The molecule has 0 atom stereocenters. The minimum atomic E-state index is 0.418. The molecule has 0 saturated heterocycles. The van der Waals surface area contributed by atoms with Gasteiger partial charge in [-0.1, -0.05) is 41.9 Å². The van der Waals surface area contributed by atoms with Gasteiger partial charge in [0.1, 0.15) is 5.75 Å². The molecule has 2 heterocycles. The zero-order chi connectivity index (χ0) is 16.5. The molecule has 6 nitrogen and oxygen atoms in total. The van der Waals surface area contributed by atoms with E-state index in [1.165, 1.54) is 0 Å². The topological polar surface area (TPSA) is 65.2 Å². The first kappa shape index (κ1) is 14.6. The quantitative estimate of drug-likeness (QED) is 0.566. The van der Waals surface area contributed by atoms with Gasteiger partial charge in [0.25, 0.3) is 0 Å². The molecule has 0 N–H and O–H groups in total. The van der Waals surface area contributed by atoms with E-state index in [0.29, 0.717) is 28.1 Å². The zero-order valence-corrected chi connectivity index (χ0v) is 13.5. The highest BCUT2D eigenvalue weighted by atomic mass is 35.5. The van der Waals surface area contributed by atoms with Gasteiger partial charge in [0.05, 0.1) is 0 Å². The van der Waals surface area contributed by atoms with E-state index in [1.54, 1.807) is 16.6 Å². The average Bonchev–Trinajstić information content (AvgIpc) is 3.06. The van der Waals surface area contributed by atoms with Gasteiger partial charge >= 0.3 is 0 Å². The maximum Gasteiger partial charge on any atom is 0.225 e. The Kier molecular flexibility index (Phi) is 3.59. The first-order chi connectivity index (χ1) is 11.7. The molecule has 0 aliphatic heterocycles. The summed E-state index contributed by atoms with van der Waals surface area (Å²) in [5, 5.41) is 12.4. The van der Waals surface area contributed by atoms with E-state index >= 15 is 0 Å². The first-order valence-corrected chi connectivity index (χ1v) is 7.67. The maximum atomic E-state index is 5.99. The van der Waals surface area contributed by atoms with E-state index in [1.807, 2.05) is 49.4 Å². The van der Waals surface area contributed by atoms with E-state index in [4.69, 9.17) is 16.3 Å². The van der Waals surface area contributed by atoms with Gasteiger partial charge in [0, 0.05) is 16.7 Å². The van der Waals surface area contributed by atoms with Gasteiger partial charge in [0.2, 0.25) is 5.88 Å². The lowest BCUT2D eigenvalue weighted by atomic mass is 10.2. The van der Waals surface area contributed by atoms with Crippen LogP contribution in [-0.4, -0.2) is 25.0 Å². The number of tetrazole rings is 1. The average molecular weight is 338 g/mol. The van der Waals surface area contributed by atoms with Crippen LogP contribution in [0.5, 0.6) is 11.6 Å². The molecule has 0 fully saturated rings. The molecule has 7 heteroatoms. The molecule has 0 radical (unpaired) electrons. The predicted molar refractivity (Wildman–Crippen MR) is 90.3 cm³/mol. The summed E-state index contributed by atoms with van der Waals surface area (Å²) in [7, 11) is 0. The number of aromatic nitrogens is 5. The molecule has 4 rings (SSSR count). The highest BCUT2D eigenvalue weighted by Gasteiger charge is 2.12. The van der Waals surface area contributed by atoms with Crippen LogP contribution >= 0.6 is 11.6 Å². The summed E-state index contributed by atoms with van der Waals surface area (Å²) in [4.78, 5) is 4.57. The van der Waals surface area contributed by atoms with Crippen LogP contribution in [0.25, 0.3) is 17.0 Å². The van der Waals surface area contributed by atoms with Gasteiger partial charge < -0.3 is 4.74 Å². The van der Waals surface area contributed by atoms with Crippen LogP contribution < -0.4 is 4.74 Å². The van der Waals surface area contributed by atoms with Crippen LogP contribution in [0.3, 0.4) is 0 Å². The molecule has 0 bridgehead atoms. The molecule has 4 aromatic rings. The van der Waals surface area contributed by atoms with Crippen LogP contribution in [0.1, 0.15) is 5.56 Å². The van der Waals surface area contributed by atoms with Crippen molar-refractivity contribution in [1.82, 2.24) is 25.0 Å². The summed E-state index contributed by atoms with van der Waals surface area (Å²) in [6.07, 6.45) is 0. The van der Waals surface area contributed by atoms with Crippen molar-refractivity contribution in [2.45, 2.75) is 6.92 Å². The van der Waals surface area contributed by atoms with Crippen molar-refractivity contribution in [3.05, 3.63) is 65.2 Å². The van der Waals surface area contributed by atoms with Crippen molar-refractivity contribution >= 4 is 17.2 Å². The smallest absolute Gasteiger partial charge is 0.225 e. The Hall–Kier alpha value is -2.99.